The first-order valence-electron chi connectivity index (χ1n) is 7.07. The van der Waals surface area contributed by atoms with Gasteiger partial charge in [-0.05, 0) is 24.3 Å². The van der Waals surface area contributed by atoms with Crippen LogP contribution >= 0.6 is 0 Å². The van der Waals surface area contributed by atoms with E-state index < -0.39 is 34.3 Å². The maximum atomic E-state index is 13.0. The van der Waals surface area contributed by atoms with Gasteiger partial charge in [0.1, 0.15) is 17.9 Å². The fourth-order valence-electron chi connectivity index (χ4n) is 2.17. The number of carbonyl (C=O) groups is 1. The van der Waals surface area contributed by atoms with Gasteiger partial charge in [0.2, 0.25) is 10.0 Å². The number of esters is 1. The minimum atomic E-state index is -4.60. The third-order valence-corrected chi connectivity index (χ3v) is 4.31. The maximum Gasteiger partial charge on any atom is 0.416 e. The van der Waals surface area contributed by atoms with Gasteiger partial charge in [-0.3, -0.25) is 0 Å². The van der Waals surface area contributed by atoms with Crippen LogP contribution in [0, 0.1) is 0 Å². The second kappa shape index (κ2) is 7.34. The van der Waals surface area contributed by atoms with Crippen molar-refractivity contribution in [3.05, 3.63) is 59.2 Å². The summed E-state index contributed by atoms with van der Waals surface area (Å²) in [6.45, 7) is -0.655. The molecule has 0 unspecified atom stereocenters. The maximum absolute atomic E-state index is 13.0. The number of methoxy groups -OCH3 is 1. The fourth-order valence-corrected chi connectivity index (χ4v) is 2.71. The third kappa shape index (κ3) is 4.52. The van der Waals surface area contributed by atoms with E-state index in [2.05, 4.69) is 0 Å². The Kier molecular flexibility index (Phi) is 5.57. The summed E-state index contributed by atoms with van der Waals surface area (Å²) in [6, 6.07) is 7.89. The van der Waals surface area contributed by atoms with Crippen molar-refractivity contribution in [3.8, 4) is 5.75 Å². The van der Waals surface area contributed by atoms with E-state index in [1.54, 1.807) is 0 Å². The van der Waals surface area contributed by atoms with Gasteiger partial charge in [-0.15, -0.1) is 0 Å². The van der Waals surface area contributed by atoms with Crippen LogP contribution < -0.4 is 9.88 Å². The molecule has 0 aromatic heterocycles. The van der Waals surface area contributed by atoms with Crippen LogP contribution in [0.25, 0.3) is 0 Å². The lowest BCUT2D eigenvalue weighted by molar-refractivity contribution is -0.138. The minimum Gasteiger partial charge on any atom is -0.496 e. The number of primary sulfonamides is 1. The Balaban J connectivity index is 2.29. The molecule has 0 aliphatic carbocycles. The number of rotatable bonds is 5. The molecular formula is C16H14F3NO5S. The summed E-state index contributed by atoms with van der Waals surface area (Å²) in [5, 5.41) is 5.00. The summed E-state index contributed by atoms with van der Waals surface area (Å²) in [4.78, 5) is 11.9. The molecule has 0 aliphatic rings. The highest BCUT2D eigenvalue weighted by atomic mass is 32.2. The number of alkyl halides is 3. The lowest BCUT2D eigenvalue weighted by Crippen LogP contribution is -2.15. The zero-order chi connectivity index (χ0) is 19.5. The molecule has 0 atom stereocenters. The van der Waals surface area contributed by atoms with Gasteiger partial charge in [-0.2, -0.15) is 13.2 Å². The Morgan fingerprint density at radius 1 is 1.15 bits per heavy atom. The average Bonchev–Trinajstić information content (AvgIpc) is 2.57. The van der Waals surface area contributed by atoms with Crippen molar-refractivity contribution < 1.29 is 35.9 Å². The molecule has 0 aliphatic heterocycles. The average molecular weight is 389 g/mol. The van der Waals surface area contributed by atoms with Crippen molar-refractivity contribution in [1.29, 1.82) is 0 Å². The second-order valence-electron chi connectivity index (χ2n) is 5.14. The fraction of sp³-hybridized carbons (Fsp3) is 0.188. The van der Waals surface area contributed by atoms with Crippen LogP contribution in [0.2, 0.25) is 0 Å². The van der Waals surface area contributed by atoms with E-state index >= 15 is 0 Å². The zero-order valence-electron chi connectivity index (χ0n) is 13.4. The Labute approximate surface area is 147 Å². The first-order valence-corrected chi connectivity index (χ1v) is 8.61. The summed E-state index contributed by atoms with van der Waals surface area (Å²) in [5.74, 6) is -1.06. The molecule has 6 nitrogen and oxygen atoms in total. The van der Waals surface area contributed by atoms with Crippen LogP contribution in [-0.2, 0) is 27.5 Å². The zero-order valence-corrected chi connectivity index (χ0v) is 14.2. The largest absolute Gasteiger partial charge is 0.496 e. The number of halogens is 3. The highest BCUT2D eigenvalue weighted by Gasteiger charge is 2.33. The van der Waals surface area contributed by atoms with Crippen LogP contribution in [0.1, 0.15) is 21.5 Å². The van der Waals surface area contributed by atoms with E-state index in [-0.39, 0.29) is 21.8 Å². The standard InChI is InChI=1S/C16H14F3NO5S/c1-24-14-7-6-11(26(20,22)23)8-12(14)15(21)25-9-10-4-2-3-5-13(10)16(17,18)19/h2-8H,9H2,1H3,(H2,20,22,23). The molecule has 0 bridgehead atoms. The summed E-state index contributed by atoms with van der Waals surface area (Å²) in [5.41, 5.74) is -1.45. The van der Waals surface area contributed by atoms with Crippen molar-refractivity contribution in [2.24, 2.45) is 5.14 Å². The molecule has 0 saturated heterocycles. The van der Waals surface area contributed by atoms with E-state index in [0.717, 1.165) is 18.2 Å². The summed E-state index contributed by atoms with van der Waals surface area (Å²) in [6.07, 6.45) is -4.60. The number of ether oxygens (including phenoxy) is 2. The molecule has 10 heteroatoms. The van der Waals surface area contributed by atoms with E-state index in [1.807, 2.05) is 0 Å². The lowest BCUT2D eigenvalue weighted by atomic mass is 10.1. The number of sulfonamides is 1. The highest BCUT2D eigenvalue weighted by molar-refractivity contribution is 7.89. The van der Waals surface area contributed by atoms with E-state index in [1.165, 1.54) is 31.4 Å². The lowest BCUT2D eigenvalue weighted by Gasteiger charge is -2.14. The molecule has 2 N–H and O–H groups in total. The van der Waals surface area contributed by atoms with Crippen LogP contribution in [0.3, 0.4) is 0 Å². The Hall–Kier alpha value is -2.59. The molecule has 26 heavy (non-hydrogen) atoms. The van der Waals surface area contributed by atoms with Gasteiger partial charge < -0.3 is 9.47 Å². The number of hydrogen-bond donors (Lipinski definition) is 1. The minimum absolute atomic E-state index is 0.00786. The first kappa shape index (κ1) is 19.7. The molecule has 0 heterocycles. The number of nitrogens with two attached hydrogens (primary N) is 1. The molecule has 2 aromatic rings. The molecule has 140 valence electrons. The molecular weight excluding hydrogens is 375 g/mol. The van der Waals surface area contributed by atoms with Crippen molar-refractivity contribution in [2.75, 3.05) is 7.11 Å². The molecule has 0 amide bonds. The molecule has 0 spiro atoms. The number of carbonyl (C=O) groups excluding carboxylic acids is 1. The smallest absolute Gasteiger partial charge is 0.416 e. The topological polar surface area (TPSA) is 95.7 Å². The van der Waals surface area contributed by atoms with Gasteiger partial charge in [0, 0.05) is 5.56 Å². The molecule has 2 aromatic carbocycles. The van der Waals surface area contributed by atoms with Crippen LogP contribution in [0.4, 0.5) is 13.2 Å². The predicted octanol–water partition coefficient (Wildman–Crippen LogP) is 2.72. The van der Waals surface area contributed by atoms with E-state index in [4.69, 9.17) is 14.6 Å². The number of hydrogen-bond acceptors (Lipinski definition) is 5. The van der Waals surface area contributed by atoms with Crippen molar-refractivity contribution >= 4 is 16.0 Å². The Morgan fingerprint density at radius 2 is 1.81 bits per heavy atom. The summed E-state index contributed by atoms with van der Waals surface area (Å²) < 4.78 is 71.5. The van der Waals surface area contributed by atoms with E-state index in [0.29, 0.717) is 0 Å². The quantitative estimate of drug-likeness (QED) is 0.794. The molecule has 0 fully saturated rings. The van der Waals surface area contributed by atoms with Gasteiger partial charge in [-0.1, -0.05) is 18.2 Å². The molecule has 2 rings (SSSR count). The van der Waals surface area contributed by atoms with Crippen molar-refractivity contribution in [1.82, 2.24) is 0 Å². The van der Waals surface area contributed by atoms with Gasteiger partial charge in [-0.25, -0.2) is 18.4 Å². The summed E-state index contributed by atoms with van der Waals surface area (Å²) in [7, 11) is -2.85. The van der Waals surface area contributed by atoms with Gasteiger partial charge in [0.25, 0.3) is 0 Å². The van der Waals surface area contributed by atoms with Crippen LogP contribution in [-0.4, -0.2) is 21.5 Å². The van der Waals surface area contributed by atoms with Gasteiger partial charge in [0.15, 0.2) is 0 Å². The SMILES string of the molecule is COc1ccc(S(N)(=O)=O)cc1C(=O)OCc1ccccc1C(F)(F)F. The van der Waals surface area contributed by atoms with Gasteiger partial charge in [0.05, 0.1) is 17.6 Å². The number of benzene rings is 2. The highest BCUT2D eigenvalue weighted by Crippen LogP contribution is 2.32. The van der Waals surface area contributed by atoms with E-state index in [9.17, 15) is 26.4 Å². The first-order chi connectivity index (χ1) is 12.0. The third-order valence-electron chi connectivity index (χ3n) is 3.40. The van der Waals surface area contributed by atoms with Crippen LogP contribution in [0.5, 0.6) is 5.75 Å². The predicted molar refractivity (Wildman–Crippen MR) is 84.9 cm³/mol. The Morgan fingerprint density at radius 3 is 2.38 bits per heavy atom. The Bertz CT molecular complexity index is 926. The van der Waals surface area contributed by atoms with Crippen molar-refractivity contribution in [3.63, 3.8) is 0 Å². The molecule has 0 saturated carbocycles. The van der Waals surface area contributed by atoms with Crippen molar-refractivity contribution in [2.45, 2.75) is 17.7 Å². The second-order valence-corrected chi connectivity index (χ2v) is 6.70. The monoisotopic (exact) mass is 389 g/mol. The van der Waals surface area contributed by atoms with Gasteiger partial charge >= 0.3 is 12.1 Å². The van der Waals surface area contributed by atoms with Crippen LogP contribution in [0.15, 0.2) is 47.4 Å². The molecule has 0 radical (unpaired) electrons. The summed E-state index contributed by atoms with van der Waals surface area (Å²) >= 11 is 0. The normalized spacial score (nSPS) is 11.9.